The van der Waals surface area contributed by atoms with Gasteiger partial charge in [0, 0.05) is 16.7 Å². The Morgan fingerprint density at radius 1 is 0.786 bits per heavy atom. The minimum atomic E-state index is -4.17. The summed E-state index contributed by atoms with van der Waals surface area (Å²) in [7, 11) is -4.17. The molecule has 6 nitrogen and oxygen atoms in total. The molecule has 0 radical (unpaired) electrons. The molecule has 0 atom stereocenters. The first-order chi connectivity index (χ1) is 13.4. The number of rotatable bonds is 3. The molecule has 0 aliphatic heterocycles. The maximum absolute atomic E-state index is 13.0. The Bertz CT molecular complexity index is 1300. The second kappa shape index (κ2) is 6.44. The first kappa shape index (κ1) is 17.6. The fourth-order valence-corrected chi connectivity index (χ4v) is 4.48. The number of sulfonamides is 1. The SMILES string of the molecule is N#Cc1cccc(NS(=O)(=O)c2cccc3c2C(=O)c2ccccc2C3=O)c1. The lowest BCUT2D eigenvalue weighted by molar-refractivity contribution is 0.0976. The van der Waals surface area contributed by atoms with Crippen LogP contribution < -0.4 is 4.72 Å². The minimum Gasteiger partial charge on any atom is -0.289 e. The lowest BCUT2D eigenvalue weighted by Gasteiger charge is -2.20. The van der Waals surface area contributed by atoms with E-state index in [1.54, 1.807) is 30.3 Å². The molecule has 1 N–H and O–H groups in total. The first-order valence-electron chi connectivity index (χ1n) is 8.27. The number of hydrogen-bond donors (Lipinski definition) is 1. The van der Waals surface area contributed by atoms with Crippen molar-refractivity contribution >= 4 is 27.3 Å². The van der Waals surface area contributed by atoms with Crippen molar-refractivity contribution in [2.45, 2.75) is 4.90 Å². The molecule has 3 aromatic rings. The van der Waals surface area contributed by atoms with E-state index in [2.05, 4.69) is 4.72 Å². The van der Waals surface area contributed by atoms with Crippen LogP contribution in [0.15, 0.2) is 71.6 Å². The second-order valence-electron chi connectivity index (χ2n) is 6.18. The molecule has 0 saturated carbocycles. The lowest BCUT2D eigenvalue weighted by atomic mass is 9.84. The predicted octanol–water partition coefficient (Wildman–Crippen LogP) is 3.13. The van der Waals surface area contributed by atoms with Gasteiger partial charge in [0.25, 0.3) is 10.0 Å². The number of benzene rings is 3. The molecule has 7 heteroatoms. The topological polar surface area (TPSA) is 104 Å². The zero-order chi connectivity index (χ0) is 19.9. The molecule has 0 spiro atoms. The van der Waals surface area contributed by atoms with E-state index in [4.69, 9.17) is 5.26 Å². The smallest absolute Gasteiger partial charge is 0.262 e. The highest BCUT2D eigenvalue weighted by atomic mass is 32.2. The van der Waals surface area contributed by atoms with Crippen molar-refractivity contribution in [1.29, 1.82) is 5.26 Å². The number of ketones is 2. The number of fused-ring (bicyclic) bond motifs is 2. The molecule has 0 saturated heterocycles. The van der Waals surface area contributed by atoms with Gasteiger partial charge in [-0.15, -0.1) is 0 Å². The van der Waals surface area contributed by atoms with E-state index >= 15 is 0 Å². The highest BCUT2D eigenvalue weighted by Crippen LogP contribution is 2.32. The summed E-state index contributed by atoms with van der Waals surface area (Å²) in [6.45, 7) is 0. The summed E-state index contributed by atoms with van der Waals surface area (Å²) in [4.78, 5) is 25.5. The van der Waals surface area contributed by atoms with Crippen molar-refractivity contribution < 1.29 is 18.0 Å². The molecule has 0 unspecified atom stereocenters. The Kier molecular flexibility index (Phi) is 4.06. The number of hydrogen-bond acceptors (Lipinski definition) is 5. The fraction of sp³-hybridized carbons (Fsp3) is 0. The molecule has 0 bridgehead atoms. The van der Waals surface area contributed by atoms with Crippen LogP contribution in [0.3, 0.4) is 0 Å². The summed E-state index contributed by atoms with van der Waals surface area (Å²) in [6.07, 6.45) is 0. The van der Waals surface area contributed by atoms with Gasteiger partial charge in [-0.3, -0.25) is 14.3 Å². The molecule has 1 aliphatic rings. The Hall–Kier alpha value is -3.76. The molecule has 0 aromatic heterocycles. The Labute approximate surface area is 161 Å². The van der Waals surface area contributed by atoms with Gasteiger partial charge in [0.05, 0.1) is 27.8 Å². The van der Waals surface area contributed by atoms with Gasteiger partial charge in [0.1, 0.15) is 0 Å². The fourth-order valence-electron chi connectivity index (χ4n) is 3.20. The predicted molar refractivity (Wildman–Crippen MR) is 102 cm³/mol. The number of nitrogens with one attached hydrogen (secondary N) is 1. The van der Waals surface area contributed by atoms with Crippen molar-refractivity contribution in [3.05, 3.63) is 94.5 Å². The zero-order valence-corrected chi connectivity index (χ0v) is 15.2. The van der Waals surface area contributed by atoms with Gasteiger partial charge >= 0.3 is 0 Å². The van der Waals surface area contributed by atoms with Crippen LogP contribution in [0.4, 0.5) is 5.69 Å². The third-order valence-corrected chi connectivity index (χ3v) is 5.87. The molecule has 1 aliphatic carbocycles. The summed E-state index contributed by atoms with van der Waals surface area (Å²) in [5.41, 5.74) is 0.813. The summed E-state index contributed by atoms with van der Waals surface area (Å²) in [5, 5.41) is 8.98. The van der Waals surface area contributed by atoms with Crippen molar-refractivity contribution in [2.24, 2.45) is 0 Å². The van der Waals surface area contributed by atoms with Crippen LogP contribution in [0.5, 0.6) is 0 Å². The van der Waals surface area contributed by atoms with Crippen LogP contribution in [0.2, 0.25) is 0 Å². The largest absolute Gasteiger partial charge is 0.289 e. The van der Waals surface area contributed by atoms with E-state index in [1.807, 2.05) is 6.07 Å². The van der Waals surface area contributed by atoms with Crippen LogP contribution >= 0.6 is 0 Å². The second-order valence-corrected chi connectivity index (χ2v) is 7.83. The highest BCUT2D eigenvalue weighted by molar-refractivity contribution is 7.92. The molecule has 4 rings (SSSR count). The maximum Gasteiger partial charge on any atom is 0.262 e. The van der Waals surface area contributed by atoms with E-state index in [9.17, 15) is 18.0 Å². The van der Waals surface area contributed by atoms with E-state index < -0.39 is 21.6 Å². The van der Waals surface area contributed by atoms with Crippen LogP contribution in [0.1, 0.15) is 37.4 Å². The molecule has 0 heterocycles. The summed E-state index contributed by atoms with van der Waals surface area (Å²) in [6, 6.07) is 18.4. The normalized spacial score (nSPS) is 12.7. The Morgan fingerprint density at radius 3 is 2.14 bits per heavy atom. The summed E-state index contributed by atoms with van der Waals surface area (Å²) < 4.78 is 28.3. The molecular formula is C21H12N2O4S. The van der Waals surface area contributed by atoms with Gasteiger partial charge in [-0.25, -0.2) is 8.42 Å². The zero-order valence-electron chi connectivity index (χ0n) is 14.3. The van der Waals surface area contributed by atoms with E-state index in [-0.39, 0.29) is 38.4 Å². The summed E-state index contributed by atoms with van der Waals surface area (Å²) in [5.74, 6) is -0.911. The highest BCUT2D eigenvalue weighted by Gasteiger charge is 2.34. The molecular weight excluding hydrogens is 376 g/mol. The Balaban J connectivity index is 1.85. The lowest BCUT2D eigenvalue weighted by Crippen LogP contribution is -2.25. The minimum absolute atomic E-state index is 0.0531. The standard InChI is InChI=1S/C21H12N2O4S/c22-12-13-5-3-6-14(11-13)23-28(26,27)18-10-4-9-17-19(18)21(25)16-8-2-1-7-15(16)20(17)24/h1-11,23H. The summed E-state index contributed by atoms with van der Waals surface area (Å²) >= 11 is 0. The quantitative estimate of drug-likeness (QED) is 0.581. The Morgan fingerprint density at radius 2 is 1.43 bits per heavy atom. The third-order valence-electron chi connectivity index (χ3n) is 4.45. The number of carbonyl (C=O) groups excluding carboxylic acids is 2. The average Bonchev–Trinajstić information content (AvgIpc) is 2.71. The van der Waals surface area contributed by atoms with Gasteiger partial charge in [-0.05, 0) is 24.3 Å². The van der Waals surface area contributed by atoms with Crippen LogP contribution in [0.25, 0.3) is 0 Å². The molecule has 0 fully saturated rings. The van der Waals surface area contributed by atoms with Crippen molar-refractivity contribution in [1.82, 2.24) is 0 Å². The molecule has 3 aromatic carbocycles. The van der Waals surface area contributed by atoms with Crippen LogP contribution in [-0.2, 0) is 10.0 Å². The van der Waals surface area contributed by atoms with Gasteiger partial charge in [-0.2, -0.15) is 5.26 Å². The van der Waals surface area contributed by atoms with Gasteiger partial charge in [0.15, 0.2) is 11.6 Å². The van der Waals surface area contributed by atoms with E-state index in [0.717, 1.165) is 0 Å². The average molecular weight is 388 g/mol. The monoisotopic (exact) mass is 388 g/mol. The van der Waals surface area contributed by atoms with Crippen molar-refractivity contribution in [3.63, 3.8) is 0 Å². The molecule has 0 amide bonds. The van der Waals surface area contributed by atoms with E-state index in [1.165, 1.54) is 36.4 Å². The van der Waals surface area contributed by atoms with Gasteiger partial charge in [-0.1, -0.05) is 42.5 Å². The maximum atomic E-state index is 13.0. The van der Waals surface area contributed by atoms with Gasteiger partial charge in [0.2, 0.25) is 0 Å². The molecule has 136 valence electrons. The number of nitrogens with zero attached hydrogens (tertiary/aromatic N) is 1. The number of carbonyl (C=O) groups is 2. The number of anilines is 1. The van der Waals surface area contributed by atoms with E-state index in [0.29, 0.717) is 0 Å². The molecule has 28 heavy (non-hydrogen) atoms. The van der Waals surface area contributed by atoms with Crippen molar-refractivity contribution in [2.75, 3.05) is 4.72 Å². The van der Waals surface area contributed by atoms with Crippen molar-refractivity contribution in [3.8, 4) is 6.07 Å². The van der Waals surface area contributed by atoms with Crippen LogP contribution in [-0.4, -0.2) is 20.0 Å². The third kappa shape index (κ3) is 2.76. The van der Waals surface area contributed by atoms with Crippen LogP contribution in [0, 0.1) is 11.3 Å². The number of nitriles is 1. The first-order valence-corrected chi connectivity index (χ1v) is 9.75. The van der Waals surface area contributed by atoms with Gasteiger partial charge < -0.3 is 0 Å².